The minimum Gasteiger partial charge on any atom is -0.373 e. The molecule has 2 aromatic carbocycles. The monoisotopic (exact) mass is 477 g/mol. The Bertz CT molecular complexity index is 1100. The van der Waals surface area contributed by atoms with Crippen molar-refractivity contribution in [3.05, 3.63) is 71.3 Å². The number of imide groups is 1. The van der Waals surface area contributed by atoms with Crippen LogP contribution in [0.3, 0.4) is 0 Å². The van der Waals surface area contributed by atoms with Gasteiger partial charge in [0.15, 0.2) is 6.29 Å². The number of hydrogen-bond donors (Lipinski definition) is 3. The summed E-state index contributed by atoms with van der Waals surface area (Å²) in [4.78, 5) is 44.8. The number of aryl methyl sites for hydroxylation is 1. The van der Waals surface area contributed by atoms with Gasteiger partial charge >= 0.3 is 18.0 Å². The first-order chi connectivity index (χ1) is 16.8. The predicted molar refractivity (Wildman–Crippen MR) is 132 cm³/mol. The first kappa shape index (κ1) is 24.3. The van der Waals surface area contributed by atoms with Gasteiger partial charge in [0.05, 0.1) is 12.5 Å². The number of nitrogens with one attached hydrogen (secondary N) is 2. The Hall–Kier alpha value is -3.85. The van der Waals surface area contributed by atoms with Gasteiger partial charge < -0.3 is 10.2 Å². The second-order valence-corrected chi connectivity index (χ2v) is 9.16. The SMILES string of the molecule is Cc1ccc(CN2C(=O)N(C[C@H](C)C(=O)ON)C(=O)NC2Nc2ccc(/C=C/C3CC3)cc2)cc1. The number of allylic oxidation sites excluding steroid dienone is 1. The molecular weight excluding hydrogens is 446 g/mol. The molecule has 1 aliphatic heterocycles. The third-order valence-corrected chi connectivity index (χ3v) is 6.14. The van der Waals surface area contributed by atoms with E-state index in [-0.39, 0.29) is 13.1 Å². The van der Waals surface area contributed by atoms with Gasteiger partial charge in [0.2, 0.25) is 0 Å². The molecule has 2 atom stereocenters. The Labute approximate surface area is 204 Å². The van der Waals surface area contributed by atoms with E-state index >= 15 is 0 Å². The van der Waals surface area contributed by atoms with Crippen LogP contribution >= 0.6 is 0 Å². The fourth-order valence-corrected chi connectivity index (χ4v) is 3.80. The van der Waals surface area contributed by atoms with Crippen molar-refractivity contribution in [3.63, 3.8) is 0 Å². The quantitative estimate of drug-likeness (QED) is 0.473. The van der Waals surface area contributed by atoms with Crippen molar-refractivity contribution < 1.29 is 19.2 Å². The lowest BCUT2D eigenvalue weighted by atomic mass is 10.1. The fraction of sp³-hybridized carbons (Fsp3) is 0.346. The summed E-state index contributed by atoms with van der Waals surface area (Å²) in [7, 11) is 0. The molecule has 35 heavy (non-hydrogen) atoms. The van der Waals surface area contributed by atoms with Crippen LogP contribution in [0.4, 0.5) is 15.3 Å². The minimum atomic E-state index is -0.780. The second kappa shape index (κ2) is 10.6. The Morgan fingerprint density at radius 1 is 1.17 bits per heavy atom. The Morgan fingerprint density at radius 2 is 1.86 bits per heavy atom. The number of anilines is 1. The molecule has 4 rings (SSSR count). The molecule has 0 bridgehead atoms. The van der Waals surface area contributed by atoms with Gasteiger partial charge in [0, 0.05) is 12.2 Å². The highest BCUT2D eigenvalue weighted by atomic mass is 16.7. The minimum absolute atomic E-state index is 0.153. The van der Waals surface area contributed by atoms with Crippen molar-refractivity contribution in [1.29, 1.82) is 0 Å². The standard InChI is InChI=1S/C26H31N5O4/c1-17-3-5-21(6-4-17)16-30-24(28-22-13-11-20(12-14-22)10-9-19-7-8-19)29-25(33)31(26(30)34)15-18(2)23(32)35-27/h3-6,9-14,18-19,24,28H,7-8,15-16,27H2,1-2H3,(H,29,33)/b10-9+/t18-,24?/m0/s1. The molecular formula is C26H31N5O4. The zero-order valence-corrected chi connectivity index (χ0v) is 19.9. The normalized spacial score (nSPS) is 19.0. The van der Waals surface area contributed by atoms with Crippen LogP contribution in [-0.4, -0.2) is 40.7 Å². The van der Waals surface area contributed by atoms with Gasteiger partial charge in [-0.3, -0.25) is 15.0 Å². The maximum Gasteiger partial charge on any atom is 0.331 e. The molecule has 0 aromatic heterocycles. The van der Waals surface area contributed by atoms with E-state index in [9.17, 15) is 14.4 Å². The number of amides is 4. The number of carbonyl (C=O) groups excluding carboxylic acids is 3. The Kier molecular flexibility index (Phi) is 7.36. The van der Waals surface area contributed by atoms with E-state index in [2.05, 4.69) is 27.6 Å². The van der Waals surface area contributed by atoms with Crippen molar-refractivity contribution in [3.8, 4) is 0 Å². The lowest BCUT2D eigenvalue weighted by molar-refractivity contribution is -0.148. The van der Waals surface area contributed by atoms with E-state index in [1.807, 2.05) is 55.5 Å². The van der Waals surface area contributed by atoms with E-state index in [4.69, 9.17) is 5.90 Å². The van der Waals surface area contributed by atoms with Crippen LogP contribution in [-0.2, 0) is 16.2 Å². The molecule has 1 saturated carbocycles. The van der Waals surface area contributed by atoms with Crippen molar-refractivity contribution in [2.45, 2.75) is 39.5 Å². The van der Waals surface area contributed by atoms with E-state index in [0.717, 1.165) is 27.3 Å². The predicted octanol–water partition coefficient (Wildman–Crippen LogP) is 3.81. The molecule has 2 aromatic rings. The molecule has 9 nitrogen and oxygen atoms in total. The smallest absolute Gasteiger partial charge is 0.331 e. The first-order valence-electron chi connectivity index (χ1n) is 11.7. The third-order valence-electron chi connectivity index (χ3n) is 6.14. The van der Waals surface area contributed by atoms with E-state index in [1.54, 1.807) is 6.92 Å². The molecule has 1 saturated heterocycles. The van der Waals surface area contributed by atoms with Gasteiger partial charge in [-0.05, 0) is 48.9 Å². The number of urea groups is 2. The summed E-state index contributed by atoms with van der Waals surface area (Å²) in [5.74, 6) is 4.20. The summed E-state index contributed by atoms with van der Waals surface area (Å²) in [6.07, 6.45) is 6.07. The molecule has 1 unspecified atom stereocenters. The molecule has 184 valence electrons. The molecule has 9 heteroatoms. The van der Waals surface area contributed by atoms with Crippen LogP contribution in [0.2, 0.25) is 0 Å². The highest BCUT2D eigenvalue weighted by Crippen LogP contribution is 2.31. The molecule has 0 radical (unpaired) electrons. The largest absolute Gasteiger partial charge is 0.373 e. The van der Waals surface area contributed by atoms with Gasteiger partial charge in [0.1, 0.15) is 0 Å². The highest BCUT2D eigenvalue weighted by Gasteiger charge is 2.39. The number of nitrogens with two attached hydrogens (primary N) is 1. The topological polar surface area (TPSA) is 117 Å². The van der Waals surface area contributed by atoms with Crippen LogP contribution in [0.15, 0.2) is 54.6 Å². The molecule has 4 amide bonds. The van der Waals surface area contributed by atoms with E-state index < -0.39 is 30.2 Å². The van der Waals surface area contributed by atoms with Crippen LogP contribution in [0.5, 0.6) is 0 Å². The van der Waals surface area contributed by atoms with Crippen LogP contribution in [0.1, 0.15) is 36.5 Å². The number of rotatable bonds is 9. The zero-order chi connectivity index (χ0) is 24.9. The summed E-state index contributed by atoms with van der Waals surface area (Å²) >= 11 is 0. The summed E-state index contributed by atoms with van der Waals surface area (Å²) in [6, 6.07) is 14.5. The second-order valence-electron chi connectivity index (χ2n) is 9.16. The fourth-order valence-electron chi connectivity index (χ4n) is 3.80. The van der Waals surface area contributed by atoms with Gasteiger partial charge in [0.25, 0.3) is 0 Å². The van der Waals surface area contributed by atoms with Crippen molar-refractivity contribution >= 4 is 29.8 Å². The maximum atomic E-state index is 13.4. The first-order valence-corrected chi connectivity index (χ1v) is 11.7. The summed E-state index contributed by atoms with van der Waals surface area (Å²) in [6.45, 7) is 3.64. The lowest BCUT2D eigenvalue weighted by Crippen LogP contribution is -2.67. The third kappa shape index (κ3) is 6.19. The average Bonchev–Trinajstić information content (AvgIpc) is 3.69. The van der Waals surface area contributed by atoms with E-state index in [0.29, 0.717) is 5.92 Å². The molecule has 1 aliphatic carbocycles. The van der Waals surface area contributed by atoms with Gasteiger partial charge in [-0.1, -0.05) is 61.0 Å². The Balaban J connectivity index is 1.52. The number of hydrogen-bond acceptors (Lipinski definition) is 6. The summed E-state index contributed by atoms with van der Waals surface area (Å²) < 4.78 is 0. The van der Waals surface area contributed by atoms with Crippen LogP contribution in [0, 0.1) is 18.8 Å². The lowest BCUT2D eigenvalue weighted by Gasteiger charge is -2.41. The van der Waals surface area contributed by atoms with Gasteiger partial charge in [-0.25, -0.2) is 14.5 Å². The number of benzene rings is 2. The van der Waals surface area contributed by atoms with Crippen LogP contribution < -0.4 is 16.5 Å². The molecule has 2 aliphatic rings. The van der Waals surface area contributed by atoms with Gasteiger partial charge in [-0.2, -0.15) is 5.90 Å². The molecule has 1 heterocycles. The molecule has 4 N–H and O–H groups in total. The number of carbonyl (C=O) groups is 3. The molecule has 0 spiro atoms. The average molecular weight is 478 g/mol. The van der Waals surface area contributed by atoms with Crippen LogP contribution in [0.25, 0.3) is 6.08 Å². The van der Waals surface area contributed by atoms with Crippen molar-refractivity contribution in [2.75, 3.05) is 11.9 Å². The summed E-state index contributed by atoms with van der Waals surface area (Å²) in [5.41, 5.74) is 3.86. The zero-order valence-electron chi connectivity index (χ0n) is 19.9. The maximum absolute atomic E-state index is 13.4. The van der Waals surface area contributed by atoms with Gasteiger partial charge in [-0.15, -0.1) is 0 Å². The van der Waals surface area contributed by atoms with Crippen molar-refractivity contribution in [1.82, 2.24) is 15.1 Å². The molecule has 2 fully saturated rings. The Morgan fingerprint density at radius 3 is 2.49 bits per heavy atom. The van der Waals surface area contributed by atoms with E-state index in [1.165, 1.54) is 17.7 Å². The van der Waals surface area contributed by atoms with Crippen molar-refractivity contribution in [2.24, 2.45) is 17.7 Å². The highest BCUT2D eigenvalue weighted by molar-refractivity contribution is 5.96. The summed E-state index contributed by atoms with van der Waals surface area (Å²) in [5, 5.41) is 6.08. The number of nitrogens with zero attached hydrogens (tertiary/aromatic N) is 2.